The molecular weight excluding hydrogens is 380 g/mol. The van der Waals surface area contributed by atoms with Crippen molar-refractivity contribution in [1.29, 1.82) is 0 Å². The van der Waals surface area contributed by atoms with E-state index in [0.717, 1.165) is 6.26 Å². The summed E-state index contributed by atoms with van der Waals surface area (Å²) in [6, 6.07) is 5.04. The van der Waals surface area contributed by atoms with Gasteiger partial charge in [-0.1, -0.05) is 11.6 Å². The second-order valence-electron chi connectivity index (χ2n) is 4.42. The molecule has 1 heterocycles. The van der Waals surface area contributed by atoms with E-state index in [1.54, 1.807) is 25.1 Å². The minimum Gasteiger partial charge on any atom is -0.496 e. The van der Waals surface area contributed by atoms with E-state index in [1.165, 1.54) is 7.11 Å². The van der Waals surface area contributed by atoms with E-state index in [2.05, 4.69) is 25.9 Å². The average Bonchev–Trinajstić information content (AvgIpc) is 2.37. The number of sulfone groups is 1. The molecule has 0 saturated heterocycles. The highest BCUT2D eigenvalue weighted by Crippen LogP contribution is 2.36. The van der Waals surface area contributed by atoms with Crippen molar-refractivity contribution in [2.75, 3.05) is 13.4 Å². The Morgan fingerprint density at radius 2 is 1.90 bits per heavy atom. The lowest BCUT2D eigenvalue weighted by Gasteiger charge is -2.10. The SMILES string of the molecule is COc1cc(-c2cc(C)nc(S(C)(=O)=O)n2)c(Cl)cc1Br. The van der Waals surface area contributed by atoms with Crippen LogP contribution in [0, 0.1) is 6.92 Å². The third kappa shape index (κ3) is 3.53. The summed E-state index contributed by atoms with van der Waals surface area (Å²) in [6.07, 6.45) is 1.06. The summed E-state index contributed by atoms with van der Waals surface area (Å²) < 4.78 is 29.2. The number of ether oxygens (including phenoxy) is 1. The molecular formula is C13H12BrClN2O3S. The van der Waals surface area contributed by atoms with Crippen LogP contribution in [-0.2, 0) is 9.84 Å². The number of hydrogen-bond donors (Lipinski definition) is 0. The highest BCUT2D eigenvalue weighted by molar-refractivity contribution is 9.10. The van der Waals surface area contributed by atoms with Crippen LogP contribution in [0.5, 0.6) is 5.75 Å². The Labute approximate surface area is 136 Å². The molecule has 0 bridgehead atoms. The van der Waals surface area contributed by atoms with Gasteiger partial charge in [0, 0.05) is 17.5 Å². The molecule has 0 fully saturated rings. The standard InChI is InChI=1S/C13H12BrClN2O3S/c1-7-4-11(17-13(16-7)21(3,18)19)8-5-12(20-2)9(14)6-10(8)15/h4-6H,1-3H3. The van der Waals surface area contributed by atoms with Crippen molar-refractivity contribution in [3.05, 3.63) is 33.4 Å². The van der Waals surface area contributed by atoms with Crippen LogP contribution >= 0.6 is 27.5 Å². The second kappa shape index (κ2) is 5.90. The average molecular weight is 392 g/mol. The summed E-state index contributed by atoms with van der Waals surface area (Å²) in [6.45, 7) is 1.70. The van der Waals surface area contributed by atoms with Crippen molar-refractivity contribution in [1.82, 2.24) is 9.97 Å². The van der Waals surface area contributed by atoms with Gasteiger partial charge in [-0.25, -0.2) is 18.4 Å². The first-order valence-electron chi connectivity index (χ1n) is 5.81. The van der Waals surface area contributed by atoms with E-state index in [9.17, 15) is 8.42 Å². The van der Waals surface area contributed by atoms with E-state index in [-0.39, 0.29) is 5.16 Å². The van der Waals surface area contributed by atoms with Gasteiger partial charge in [0.2, 0.25) is 15.0 Å². The summed E-state index contributed by atoms with van der Waals surface area (Å²) >= 11 is 9.55. The zero-order chi connectivity index (χ0) is 15.8. The van der Waals surface area contributed by atoms with E-state index in [4.69, 9.17) is 16.3 Å². The number of nitrogens with zero attached hydrogens (tertiary/aromatic N) is 2. The lowest BCUT2D eigenvalue weighted by Crippen LogP contribution is -2.06. The normalized spacial score (nSPS) is 11.5. The topological polar surface area (TPSA) is 69.2 Å². The number of benzene rings is 1. The molecule has 0 aliphatic heterocycles. The van der Waals surface area contributed by atoms with Crippen molar-refractivity contribution < 1.29 is 13.2 Å². The summed E-state index contributed by atoms with van der Waals surface area (Å²) in [5.41, 5.74) is 1.55. The Morgan fingerprint density at radius 1 is 1.24 bits per heavy atom. The van der Waals surface area contributed by atoms with E-state index in [0.29, 0.717) is 32.2 Å². The number of rotatable bonds is 3. The smallest absolute Gasteiger partial charge is 0.247 e. The minimum atomic E-state index is -3.50. The van der Waals surface area contributed by atoms with Crippen LogP contribution in [0.15, 0.2) is 27.8 Å². The first-order chi connectivity index (χ1) is 9.72. The molecule has 0 amide bonds. The first kappa shape index (κ1) is 16.2. The van der Waals surface area contributed by atoms with Gasteiger partial charge in [0.15, 0.2) is 0 Å². The van der Waals surface area contributed by atoms with Crippen LogP contribution in [0.4, 0.5) is 0 Å². The Bertz CT molecular complexity index is 809. The molecule has 21 heavy (non-hydrogen) atoms. The van der Waals surface area contributed by atoms with Crippen LogP contribution in [0.25, 0.3) is 11.3 Å². The zero-order valence-electron chi connectivity index (χ0n) is 11.5. The van der Waals surface area contributed by atoms with Gasteiger partial charge in [-0.3, -0.25) is 0 Å². The number of halogens is 2. The van der Waals surface area contributed by atoms with Crippen LogP contribution in [0.2, 0.25) is 5.02 Å². The number of aryl methyl sites for hydroxylation is 1. The van der Waals surface area contributed by atoms with Gasteiger partial charge in [-0.15, -0.1) is 0 Å². The van der Waals surface area contributed by atoms with Crippen molar-refractivity contribution in [3.8, 4) is 17.0 Å². The minimum absolute atomic E-state index is 0.226. The van der Waals surface area contributed by atoms with Crippen LogP contribution in [0.3, 0.4) is 0 Å². The van der Waals surface area contributed by atoms with Gasteiger partial charge in [0.1, 0.15) is 5.75 Å². The van der Waals surface area contributed by atoms with Crippen molar-refractivity contribution in [2.45, 2.75) is 12.1 Å². The maximum atomic E-state index is 11.6. The maximum absolute atomic E-state index is 11.6. The largest absolute Gasteiger partial charge is 0.496 e. The van der Waals surface area contributed by atoms with Gasteiger partial charge in [-0.05, 0) is 41.1 Å². The fourth-order valence-corrected chi connectivity index (χ4v) is 3.20. The van der Waals surface area contributed by atoms with Crippen LogP contribution in [-0.4, -0.2) is 31.8 Å². The van der Waals surface area contributed by atoms with Gasteiger partial charge < -0.3 is 4.74 Å². The lowest BCUT2D eigenvalue weighted by atomic mass is 10.1. The molecule has 8 heteroatoms. The number of hydrogen-bond acceptors (Lipinski definition) is 5. The highest BCUT2D eigenvalue weighted by atomic mass is 79.9. The van der Waals surface area contributed by atoms with Crippen molar-refractivity contribution in [2.24, 2.45) is 0 Å². The third-order valence-electron chi connectivity index (χ3n) is 2.68. The molecule has 0 aliphatic rings. The van der Waals surface area contributed by atoms with Gasteiger partial charge in [0.05, 0.1) is 22.3 Å². The molecule has 0 N–H and O–H groups in total. The summed E-state index contributed by atoms with van der Waals surface area (Å²) in [5, 5.41) is 0.204. The van der Waals surface area contributed by atoms with Crippen molar-refractivity contribution in [3.63, 3.8) is 0 Å². The molecule has 0 atom stereocenters. The molecule has 1 aromatic heterocycles. The Kier molecular flexibility index (Phi) is 4.55. The zero-order valence-corrected chi connectivity index (χ0v) is 14.7. The second-order valence-corrected chi connectivity index (χ2v) is 7.59. The van der Waals surface area contributed by atoms with Gasteiger partial charge in [-0.2, -0.15) is 0 Å². The fourth-order valence-electron chi connectivity index (χ4n) is 1.73. The molecule has 2 aromatic rings. The molecule has 112 valence electrons. The summed E-state index contributed by atoms with van der Waals surface area (Å²) in [4.78, 5) is 8.02. The first-order valence-corrected chi connectivity index (χ1v) is 8.87. The van der Waals surface area contributed by atoms with E-state index < -0.39 is 9.84 Å². The van der Waals surface area contributed by atoms with Crippen molar-refractivity contribution >= 4 is 37.4 Å². The quantitative estimate of drug-likeness (QED) is 0.751. The Balaban J connectivity index is 2.70. The monoisotopic (exact) mass is 390 g/mol. The molecule has 0 unspecified atom stereocenters. The van der Waals surface area contributed by atoms with Crippen LogP contribution < -0.4 is 4.74 Å². The summed E-state index contributed by atoms with van der Waals surface area (Å²) in [5.74, 6) is 0.576. The van der Waals surface area contributed by atoms with Crippen LogP contribution in [0.1, 0.15) is 5.69 Å². The predicted octanol–water partition coefficient (Wildman–Crippen LogP) is 3.28. The molecule has 0 spiro atoms. The third-order valence-corrected chi connectivity index (χ3v) is 4.46. The fraction of sp³-hybridized carbons (Fsp3) is 0.231. The molecule has 0 aliphatic carbocycles. The van der Waals surface area contributed by atoms with E-state index >= 15 is 0 Å². The molecule has 5 nitrogen and oxygen atoms in total. The Morgan fingerprint density at radius 3 is 2.48 bits per heavy atom. The predicted molar refractivity (Wildman–Crippen MR) is 84.6 cm³/mol. The lowest BCUT2D eigenvalue weighted by molar-refractivity contribution is 0.412. The number of methoxy groups -OCH3 is 1. The Hall–Kier alpha value is -1.18. The van der Waals surface area contributed by atoms with Gasteiger partial charge in [0.25, 0.3) is 0 Å². The molecule has 0 saturated carbocycles. The highest BCUT2D eigenvalue weighted by Gasteiger charge is 2.16. The molecule has 2 rings (SSSR count). The van der Waals surface area contributed by atoms with Gasteiger partial charge >= 0.3 is 0 Å². The molecule has 0 radical (unpaired) electrons. The molecule has 1 aromatic carbocycles. The number of aromatic nitrogens is 2. The van der Waals surface area contributed by atoms with E-state index in [1.807, 2.05) is 0 Å². The summed E-state index contributed by atoms with van der Waals surface area (Å²) in [7, 11) is -1.97. The maximum Gasteiger partial charge on any atom is 0.247 e.